The highest BCUT2D eigenvalue weighted by Crippen LogP contribution is 2.24. The highest BCUT2D eigenvalue weighted by Gasteiger charge is 2.21. The van der Waals surface area contributed by atoms with Gasteiger partial charge in [-0.1, -0.05) is 12.1 Å². The lowest BCUT2D eigenvalue weighted by Crippen LogP contribution is -2.40. The Hall–Kier alpha value is -1.55. The van der Waals surface area contributed by atoms with E-state index in [2.05, 4.69) is 4.90 Å². The number of hydrogen-bond donors (Lipinski definition) is 1. The van der Waals surface area contributed by atoms with E-state index in [1.807, 2.05) is 24.3 Å². The third-order valence-electron chi connectivity index (χ3n) is 3.42. The van der Waals surface area contributed by atoms with Crippen LogP contribution in [0.4, 0.5) is 5.69 Å². The number of rotatable bonds is 2. The van der Waals surface area contributed by atoms with Gasteiger partial charge in [0.25, 0.3) is 5.91 Å². The maximum atomic E-state index is 12.1. The van der Waals surface area contributed by atoms with Crippen molar-refractivity contribution in [2.45, 2.75) is 18.9 Å². The molecular formula is C14H21N3O. The molecule has 1 heterocycles. The molecule has 1 aromatic rings. The maximum absolute atomic E-state index is 12.1. The van der Waals surface area contributed by atoms with Crippen molar-refractivity contribution in [2.24, 2.45) is 5.73 Å². The highest BCUT2D eigenvalue weighted by atomic mass is 16.2. The molecule has 98 valence electrons. The SMILES string of the molecule is CN(C)C(=O)c1ccccc1N1CCC(N)CC1. The van der Waals surface area contributed by atoms with Gasteiger partial charge in [0.2, 0.25) is 0 Å². The van der Waals surface area contributed by atoms with Crippen LogP contribution in [0.2, 0.25) is 0 Å². The number of nitrogens with two attached hydrogens (primary N) is 1. The first kappa shape index (κ1) is 12.9. The number of piperidine rings is 1. The molecule has 0 aromatic heterocycles. The highest BCUT2D eigenvalue weighted by molar-refractivity contribution is 5.99. The van der Waals surface area contributed by atoms with Gasteiger partial charge in [-0.15, -0.1) is 0 Å². The van der Waals surface area contributed by atoms with Crippen molar-refractivity contribution in [3.05, 3.63) is 29.8 Å². The molecule has 0 spiro atoms. The van der Waals surface area contributed by atoms with Crippen LogP contribution < -0.4 is 10.6 Å². The van der Waals surface area contributed by atoms with E-state index in [0.717, 1.165) is 37.2 Å². The van der Waals surface area contributed by atoms with Crippen LogP contribution in [0.15, 0.2) is 24.3 Å². The second-order valence-corrected chi connectivity index (χ2v) is 5.04. The topological polar surface area (TPSA) is 49.6 Å². The summed E-state index contributed by atoms with van der Waals surface area (Å²) in [5.41, 5.74) is 7.73. The Morgan fingerprint density at radius 2 is 1.89 bits per heavy atom. The fourth-order valence-electron chi connectivity index (χ4n) is 2.31. The van der Waals surface area contributed by atoms with Gasteiger partial charge in [-0.05, 0) is 25.0 Å². The molecule has 2 N–H and O–H groups in total. The Labute approximate surface area is 108 Å². The molecule has 0 saturated carbocycles. The summed E-state index contributed by atoms with van der Waals surface area (Å²) in [4.78, 5) is 16.0. The number of carbonyl (C=O) groups excluding carboxylic acids is 1. The van der Waals surface area contributed by atoms with Crippen molar-refractivity contribution >= 4 is 11.6 Å². The maximum Gasteiger partial charge on any atom is 0.255 e. The molecule has 0 atom stereocenters. The number of amides is 1. The Balaban J connectivity index is 2.25. The third kappa shape index (κ3) is 2.64. The van der Waals surface area contributed by atoms with Gasteiger partial charge >= 0.3 is 0 Å². The first-order chi connectivity index (χ1) is 8.59. The van der Waals surface area contributed by atoms with Crippen molar-refractivity contribution < 1.29 is 4.79 Å². The van der Waals surface area contributed by atoms with Crippen molar-refractivity contribution in [3.8, 4) is 0 Å². The average Bonchev–Trinajstić information content (AvgIpc) is 2.39. The quantitative estimate of drug-likeness (QED) is 0.857. The fourth-order valence-corrected chi connectivity index (χ4v) is 2.31. The summed E-state index contributed by atoms with van der Waals surface area (Å²) >= 11 is 0. The fraction of sp³-hybridized carbons (Fsp3) is 0.500. The zero-order valence-electron chi connectivity index (χ0n) is 11.1. The number of hydrogen-bond acceptors (Lipinski definition) is 3. The molecule has 1 amide bonds. The number of anilines is 1. The minimum Gasteiger partial charge on any atom is -0.371 e. The molecular weight excluding hydrogens is 226 g/mol. The zero-order valence-corrected chi connectivity index (χ0v) is 11.1. The molecule has 18 heavy (non-hydrogen) atoms. The molecule has 1 aliphatic heterocycles. The van der Waals surface area contributed by atoms with Crippen molar-refractivity contribution in [1.29, 1.82) is 0 Å². The lowest BCUT2D eigenvalue weighted by atomic mass is 10.0. The van der Waals surface area contributed by atoms with Crippen LogP contribution in [-0.4, -0.2) is 44.0 Å². The van der Waals surface area contributed by atoms with Gasteiger partial charge < -0.3 is 15.5 Å². The normalized spacial score (nSPS) is 16.7. The molecule has 4 nitrogen and oxygen atoms in total. The number of para-hydroxylation sites is 1. The van der Waals surface area contributed by atoms with Crippen LogP contribution in [0.3, 0.4) is 0 Å². The van der Waals surface area contributed by atoms with Crippen LogP contribution in [0.1, 0.15) is 23.2 Å². The van der Waals surface area contributed by atoms with E-state index < -0.39 is 0 Å². The van der Waals surface area contributed by atoms with Gasteiger partial charge in [-0.2, -0.15) is 0 Å². The second kappa shape index (κ2) is 5.40. The average molecular weight is 247 g/mol. The number of carbonyl (C=O) groups is 1. The van der Waals surface area contributed by atoms with Crippen LogP contribution >= 0.6 is 0 Å². The van der Waals surface area contributed by atoms with Crippen molar-refractivity contribution in [3.63, 3.8) is 0 Å². The van der Waals surface area contributed by atoms with E-state index in [0.29, 0.717) is 6.04 Å². The predicted octanol–water partition coefficient (Wildman–Crippen LogP) is 1.32. The third-order valence-corrected chi connectivity index (χ3v) is 3.42. The van der Waals surface area contributed by atoms with Gasteiger partial charge in [0.15, 0.2) is 0 Å². The lowest BCUT2D eigenvalue weighted by Gasteiger charge is -2.33. The van der Waals surface area contributed by atoms with Crippen LogP contribution in [0.5, 0.6) is 0 Å². The summed E-state index contributed by atoms with van der Waals surface area (Å²) in [5.74, 6) is 0.0560. The minimum absolute atomic E-state index is 0.0560. The molecule has 1 aliphatic rings. The lowest BCUT2D eigenvalue weighted by molar-refractivity contribution is 0.0828. The molecule has 1 saturated heterocycles. The Bertz CT molecular complexity index is 423. The first-order valence-electron chi connectivity index (χ1n) is 6.41. The summed E-state index contributed by atoms with van der Waals surface area (Å²) < 4.78 is 0. The van der Waals surface area contributed by atoms with Crippen LogP contribution in [0, 0.1) is 0 Å². The minimum atomic E-state index is 0.0560. The van der Waals surface area contributed by atoms with E-state index in [-0.39, 0.29) is 5.91 Å². The summed E-state index contributed by atoms with van der Waals surface area (Å²) in [6.07, 6.45) is 1.98. The summed E-state index contributed by atoms with van der Waals surface area (Å²) in [5, 5.41) is 0. The largest absolute Gasteiger partial charge is 0.371 e. The van der Waals surface area contributed by atoms with Crippen LogP contribution in [0.25, 0.3) is 0 Å². The molecule has 0 unspecified atom stereocenters. The molecule has 0 radical (unpaired) electrons. The summed E-state index contributed by atoms with van der Waals surface area (Å²) in [7, 11) is 3.57. The van der Waals surface area contributed by atoms with E-state index in [9.17, 15) is 4.79 Å². The number of benzene rings is 1. The molecule has 1 aromatic carbocycles. The first-order valence-corrected chi connectivity index (χ1v) is 6.41. The molecule has 1 fully saturated rings. The number of nitrogens with zero attached hydrogens (tertiary/aromatic N) is 2. The molecule has 0 bridgehead atoms. The van der Waals surface area contributed by atoms with Crippen molar-refractivity contribution in [2.75, 3.05) is 32.1 Å². The zero-order chi connectivity index (χ0) is 13.1. The molecule has 0 aliphatic carbocycles. The van der Waals surface area contributed by atoms with Crippen LogP contribution in [-0.2, 0) is 0 Å². The molecule has 4 heteroatoms. The van der Waals surface area contributed by atoms with Gasteiger partial charge in [0.05, 0.1) is 5.56 Å². The monoisotopic (exact) mass is 247 g/mol. The van der Waals surface area contributed by atoms with Gasteiger partial charge in [-0.25, -0.2) is 0 Å². The second-order valence-electron chi connectivity index (χ2n) is 5.04. The van der Waals surface area contributed by atoms with E-state index >= 15 is 0 Å². The Kier molecular flexibility index (Phi) is 3.87. The smallest absolute Gasteiger partial charge is 0.255 e. The predicted molar refractivity (Wildman–Crippen MR) is 73.9 cm³/mol. The van der Waals surface area contributed by atoms with E-state index in [1.54, 1.807) is 19.0 Å². The summed E-state index contributed by atoms with van der Waals surface area (Å²) in [6, 6.07) is 8.12. The molecule has 2 rings (SSSR count). The van der Waals surface area contributed by atoms with Gasteiger partial charge in [-0.3, -0.25) is 4.79 Å². The van der Waals surface area contributed by atoms with E-state index in [4.69, 9.17) is 5.73 Å². The van der Waals surface area contributed by atoms with Gasteiger partial charge in [0.1, 0.15) is 0 Å². The summed E-state index contributed by atoms with van der Waals surface area (Å²) in [6.45, 7) is 1.86. The van der Waals surface area contributed by atoms with Crippen molar-refractivity contribution in [1.82, 2.24) is 4.90 Å². The standard InChI is InChI=1S/C14H21N3O/c1-16(2)14(18)12-5-3-4-6-13(12)17-9-7-11(15)8-10-17/h3-6,11H,7-10,15H2,1-2H3. The Morgan fingerprint density at radius 1 is 1.28 bits per heavy atom. The van der Waals surface area contributed by atoms with E-state index in [1.165, 1.54) is 0 Å². The Morgan fingerprint density at radius 3 is 2.50 bits per heavy atom. The van der Waals surface area contributed by atoms with Gasteiger partial charge in [0, 0.05) is 38.9 Å².